The molecule has 126 valence electrons. The lowest BCUT2D eigenvalue weighted by molar-refractivity contribution is -0.137. The highest BCUT2D eigenvalue weighted by molar-refractivity contribution is 6.34. The first-order valence-corrected chi connectivity index (χ1v) is 6.95. The van der Waals surface area contributed by atoms with Gasteiger partial charge in [-0.15, -0.1) is 0 Å². The summed E-state index contributed by atoms with van der Waals surface area (Å²) < 4.78 is 38.4. The van der Waals surface area contributed by atoms with Crippen molar-refractivity contribution in [2.24, 2.45) is 0 Å². The maximum Gasteiger partial charge on any atom is 0.418 e. The molecule has 0 fully saturated rings. The Bertz CT molecular complexity index is 766. The van der Waals surface area contributed by atoms with Crippen molar-refractivity contribution in [3.05, 3.63) is 64.7 Å². The Morgan fingerprint density at radius 1 is 0.958 bits per heavy atom. The van der Waals surface area contributed by atoms with Crippen molar-refractivity contribution in [3.8, 4) is 0 Å². The van der Waals surface area contributed by atoms with Crippen LogP contribution in [0.3, 0.4) is 0 Å². The van der Waals surface area contributed by atoms with E-state index < -0.39 is 23.7 Å². The lowest BCUT2D eigenvalue weighted by Gasteiger charge is -2.15. The Hall–Kier alpha value is -2.74. The fraction of sp³-hybridized carbons (Fsp3) is 0.0667. The lowest BCUT2D eigenvalue weighted by atomic mass is 10.2. The summed E-state index contributed by atoms with van der Waals surface area (Å²) in [6.45, 7) is 0. The first-order valence-electron chi connectivity index (χ1n) is 6.57. The highest BCUT2D eigenvalue weighted by atomic mass is 35.5. The molecule has 2 aromatic rings. The molecule has 0 saturated heterocycles. The third kappa shape index (κ3) is 4.39. The lowest BCUT2D eigenvalue weighted by Crippen LogP contribution is -2.42. The zero-order valence-electron chi connectivity index (χ0n) is 11.9. The van der Waals surface area contributed by atoms with Crippen LogP contribution >= 0.6 is 11.6 Å². The van der Waals surface area contributed by atoms with Crippen molar-refractivity contribution in [1.82, 2.24) is 10.7 Å². The number of benzene rings is 2. The molecule has 0 bridgehead atoms. The normalized spacial score (nSPS) is 10.8. The number of anilines is 1. The van der Waals surface area contributed by atoms with E-state index in [9.17, 15) is 22.8 Å². The summed E-state index contributed by atoms with van der Waals surface area (Å²) in [4.78, 5) is 23.5. The highest BCUT2D eigenvalue weighted by Crippen LogP contribution is 2.34. The number of hydrazine groups is 1. The number of imide groups is 1. The van der Waals surface area contributed by atoms with Crippen LogP contribution in [0.1, 0.15) is 15.9 Å². The van der Waals surface area contributed by atoms with Crippen molar-refractivity contribution in [3.63, 3.8) is 0 Å². The summed E-state index contributed by atoms with van der Waals surface area (Å²) in [5.41, 5.74) is 2.84. The minimum absolute atomic E-state index is 0.0602. The number of carbonyl (C=O) groups is 2. The second-order valence-corrected chi connectivity index (χ2v) is 4.96. The van der Waals surface area contributed by atoms with E-state index in [1.54, 1.807) is 12.1 Å². The standard InChI is InChI=1S/C15H11ClF3N3O2/c16-11-7-3-1-5-9(11)13(23)20-14(24)22-21-12-8-4-2-6-10(12)15(17,18)19/h1-8,21H,(H2,20,22,23,24). The summed E-state index contributed by atoms with van der Waals surface area (Å²) in [5.74, 6) is -0.788. The van der Waals surface area contributed by atoms with Crippen LogP contribution in [-0.4, -0.2) is 11.9 Å². The quantitative estimate of drug-likeness (QED) is 0.731. The topological polar surface area (TPSA) is 70.2 Å². The van der Waals surface area contributed by atoms with Gasteiger partial charge in [0.15, 0.2) is 0 Å². The summed E-state index contributed by atoms with van der Waals surface area (Å²) >= 11 is 5.81. The molecule has 5 nitrogen and oxygen atoms in total. The Morgan fingerprint density at radius 2 is 1.58 bits per heavy atom. The number of halogens is 4. The zero-order chi connectivity index (χ0) is 17.7. The van der Waals surface area contributed by atoms with E-state index in [0.717, 1.165) is 12.1 Å². The molecule has 2 rings (SSSR count). The number of para-hydroxylation sites is 1. The van der Waals surface area contributed by atoms with E-state index >= 15 is 0 Å². The summed E-state index contributed by atoms with van der Waals surface area (Å²) in [7, 11) is 0. The van der Waals surface area contributed by atoms with Gasteiger partial charge in [0.2, 0.25) is 0 Å². The molecule has 0 aliphatic carbocycles. The van der Waals surface area contributed by atoms with Gasteiger partial charge in [-0.3, -0.25) is 21.0 Å². The van der Waals surface area contributed by atoms with E-state index in [0.29, 0.717) is 0 Å². The molecule has 0 atom stereocenters. The van der Waals surface area contributed by atoms with Crippen LogP contribution in [0.2, 0.25) is 5.02 Å². The van der Waals surface area contributed by atoms with E-state index in [4.69, 9.17) is 11.6 Å². The van der Waals surface area contributed by atoms with Gasteiger partial charge in [0.25, 0.3) is 5.91 Å². The second-order valence-electron chi connectivity index (χ2n) is 4.56. The number of hydrogen-bond acceptors (Lipinski definition) is 3. The Morgan fingerprint density at radius 3 is 2.25 bits per heavy atom. The predicted molar refractivity (Wildman–Crippen MR) is 82.5 cm³/mol. The molecule has 0 aliphatic heterocycles. The third-order valence-electron chi connectivity index (χ3n) is 2.89. The molecule has 3 amide bonds. The van der Waals surface area contributed by atoms with Gasteiger partial charge in [-0.25, -0.2) is 4.79 Å². The van der Waals surface area contributed by atoms with Crippen molar-refractivity contribution >= 4 is 29.2 Å². The fourth-order valence-corrected chi connectivity index (χ4v) is 2.03. The van der Waals surface area contributed by atoms with E-state index in [1.165, 1.54) is 24.3 Å². The molecule has 0 unspecified atom stereocenters. The average Bonchev–Trinajstić information content (AvgIpc) is 2.52. The van der Waals surface area contributed by atoms with Gasteiger partial charge in [0, 0.05) is 0 Å². The minimum Gasteiger partial charge on any atom is -0.297 e. The second kappa shape index (κ2) is 7.22. The molecule has 0 radical (unpaired) electrons. The van der Waals surface area contributed by atoms with Gasteiger partial charge >= 0.3 is 12.2 Å². The molecular formula is C15H11ClF3N3O2. The molecule has 3 N–H and O–H groups in total. The fourth-order valence-electron chi connectivity index (χ4n) is 1.81. The first-order chi connectivity index (χ1) is 11.3. The number of amides is 3. The maximum absolute atomic E-state index is 12.8. The van der Waals surface area contributed by atoms with Crippen molar-refractivity contribution in [1.29, 1.82) is 0 Å². The van der Waals surface area contributed by atoms with Crippen LogP contribution in [-0.2, 0) is 6.18 Å². The molecule has 2 aromatic carbocycles. The van der Waals surface area contributed by atoms with Crippen LogP contribution in [0, 0.1) is 0 Å². The Labute approximate surface area is 139 Å². The van der Waals surface area contributed by atoms with Crippen LogP contribution in [0.4, 0.5) is 23.7 Å². The number of carbonyl (C=O) groups excluding carboxylic acids is 2. The van der Waals surface area contributed by atoms with Crippen molar-refractivity contribution in [2.45, 2.75) is 6.18 Å². The third-order valence-corrected chi connectivity index (χ3v) is 3.22. The van der Waals surface area contributed by atoms with Crippen LogP contribution < -0.4 is 16.2 Å². The average molecular weight is 358 g/mol. The van der Waals surface area contributed by atoms with Crippen molar-refractivity contribution in [2.75, 3.05) is 5.43 Å². The zero-order valence-corrected chi connectivity index (χ0v) is 12.7. The molecule has 0 spiro atoms. The molecular weight excluding hydrogens is 347 g/mol. The maximum atomic E-state index is 12.8. The van der Waals surface area contributed by atoms with Crippen LogP contribution in [0.5, 0.6) is 0 Å². The van der Waals surface area contributed by atoms with Gasteiger partial charge < -0.3 is 0 Å². The molecule has 0 aliphatic rings. The summed E-state index contributed by atoms with van der Waals surface area (Å²) in [6, 6.07) is 9.57. The number of rotatable bonds is 3. The summed E-state index contributed by atoms with van der Waals surface area (Å²) in [6.07, 6.45) is -4.59. The molecule has 0 aromatic heterocycles. The summed E-state index contributed by atoms with van der Waals surface area (Å²) in [5, 5.41) is 2.09. The molecule has 0 saturated carbocycles. The number of hydrogen-bond donors (Lipinski definition) is 3. The number of nitrogens with one attached hydrogen (secondary N) is 3. The molecule has 0 heterocycles. The smallest absolute Gasteiger partial charge is 0.297 e. The van der Waals surface area contributed by atoms with Gasteiger partial charge in [0.1, 0.15) is 0 Å². The Balaban J connectivity index is 2.00. The van der Waals surface area contributed by atoms with Crippen LogP contribution in [0.25, 0.3) is 0 Å². The molecule has 24 heavy (non-hydrogen) atoms. The van der Waals surface area contributed by atoms with E-state index in [2.05, 4.69) is 5.43 Å². The van der Waals surface area contributed by atoms with E-state index in [-0.39, 0.29) is 16.3 Å². The van der Waals surface area contributed by atoms with Gasteiger partial charge in [-0.1, -0.05) is 35.9 Å². The first kappa shape index (κ1) is 17.6. The van der Waals surface area contributed by atoms with Crippen LogP contribution in [0.15, 0.2) is 48.5 Å². The SMILES string of the molecule is O=C(NNc1ccccc1C(F)(F)F)NC(=O)c1ccccc1Cl. The minimum atomic E-state index is -4.59. The monoisotopic (exact) mass is 357 g/mol. The highest BCUT2D eigenvalue weighted by Gasteiger charge is 2.33. The number of urea groups is 1. The number of alkyl halides is 3. The van der Waals surface area contributed by atoms with Gasteiger partial charge in [0.05, 0.1) is 21.8 Å². The largest absolute Gasteiger partial charge is 0.418 e. The van der Waals surface area contributed by atoms with E-state index in [1.807, 2.05) is 10.7 Å². The predicted octanol–water partition coefficient (Wildman–Crippen LogP) is 3.83. The van der Waals surface area contributed by atoms with Gasteiger partial charge in [-0.05, 0) is 24.3 Å². The van der Waals surface area contributed by atoms with Gasteiger partial charge in [-0.2, -0.15) is 13.2 Å². The Kier molecular flexibility index (Phi) is 5.30. The molecule has 9 heteroatoms. The van der Waals surface area contributed by atoms with Crippen molar-refractivity contribution < 1.29 is 22.8 Å².